The summed E-state index contributed by atoms with van der Waals surface area (Å²) in [4.78, 5) is 30.0. The molecule has 0 saturated heterocycles. The van der Waals surface area contributed by atoms with Crippen molar-refractivity contribution in [2.24, 2.45) is 0 Å². The SMILES string of the molecule is CCC(C(=O)NCCn1ncc2c(=O)n(Cc3cccc(C)c3)cnc21)c1ccccc1. The number of nitrogens with zero attached hydrogens (tertiary/aromatic N) is 4. The maximum atomic E-state index is 12.9. The molecule has 4 rings (SSSR count). The lowest BCUT2D eigenvalue weighted by atomic mass is 9.96. The van der Waals surface area contributed by atoms with Gasteiger partial charge in [0.15, 0.2) is 5.65 Å². The van der Waals surface area contributed by atoms with Gasteiger partial charge in [0.1, 0.15) is 11.7 Å². The molecular formula is C25H27N5O2. The van der Waals surface area contributed by atoms with Gasteiger partial charge in [-0.25, -0.2) is 9.67 Å². The van der Waals surface area contributed by atoms with E-state index in [1.54, 1.807) is 21.8 Å². The summed E-state index contributed by atoms with van der Waals surface area (Å²) in [5.74, 6) is -0.193. The van der Waals surface area contributed by atoms with Gasteiger partial charge in [-0.2, -0.15) is 5.10 Å². The molecule has 1 unspecified atom stereocenters. The van der Waals surface area contributed by atoms with Crippen molar-refractivity contribution in [2.45, 2.75) is 39.3 Å². The van der Waals surface area contributed by atoms with Crippen LogP contribution < -0.4 is 10.9 Å². The van der Waals surface area contributed by atoms with Gasteiger partial charge in [0, 0.05) is 6.54 Å². The minimum absolute atomic E-state index is 0.0105. The highest BCUT2D eigenvalue weighted by Gasteiger charge is 2.18. The number of amides is 1. The Hall–Kier alpha value is -3.74. The van der Waals surface area contributed by atoms with E-state index < -0.39 is 0 Å². The van der Waals surface area contributed by atoms with Crippen LogP contribution in [0.25, 0.3) is 11.0 Å². The lowest BCUT2D eigenvalue weighted by molar-refractivity contribution is -0.122. The van der Waals surface area contributed by atoms with Crippen LogP contribution >= 0.6 is 0 Å². The van der Waals surface area contributed by atoms with E-state index in [-0.39, 0.29) is 17.4 Å². The van der Waals surface area contributed by atoms with Crippen molar-refractivity contribution >= 4 is 16.9 Å². The van der Waals surface area contributed by atoms with Gasteiger partial charge < -0.3 is 5.32 Å². The van der Waals surface area contributed by atoms with E-state index >= 15 is 0 Å². The molecule has 32 heavy (non-hydrogen) atoms. The molecule has 164 valence electrons. The van der Waals surface area contributed by atoms with Gasteiger partial charge in [-0.1, -0.05) is 67.1 Å². The Labute approximate surface area is 186 Å². The molecule has 0 spiro atoms. The highest BCUT2D eigenvalue weighted by Crippen LogP contribution is 2.19. The van der Waals surface area contributed by atoms with Gasteiger partial charge in [-0.3, -0.25) is 14.2 Å². The van der Waals surface area contributed by atoms with E-state index in [0.717, 1.165) is 23.1 Å². The van der Waals surface area contributed by atoms with Crippen LogP contribution in [0.5, 0.6) is 0 Å². The molecule has 0 saturated carbocycles. The molecule has 7 heteroatoms. The Morgan fingerprint density at radius 1 is 1.12 bits per heavy atom. The normalized spacial score (nSPS) is 12.1. The predicted molar refractivity (Wildman–Crippen MR) is 125 cm³/mol. The maximum Gasteiger partial charge on any atom is 0.264 e. The minimum Gasteiger partial charge on any atom is -0.354 e. The third-order valence-corrected chi connectivity index (χ3v) is 5.61. The minimum atomic E-state index is -0.183. The quantitative estimate of drug-likeness (QED) is 0.466. The summed E-state index contributed by atoms with van der Waals surface area (Å²) in [6.45, 7) is 5.34. The van der Waals surface area contributed by atoms with Crippen LogP contribution in [0.3, 0.4) is 0 Å². The standard InChI is InChI=1S/C25H27N5O2/c1-3-21(20-10-5-4-6-11-20)24(31)26-12-13-30-23-22(15-28-30)25(32)29(17-27-23)16-19-9-7-8-18(2)14-19/h4-11,14-15,17,21H,3,12-13,16H2,1-2H3,(H,26,31). The first kappa shape index (κ1) is 21.5. The second kappa shape index (κ2) is 9.60. The molecule has 0 aliphatic rings. The average molecular weight is 430 g/mol. The smallest absolute Gasteiger partial charge is 0.264 e. The third-order valence-electron chi connectivity index (χ3n) is 5.61. The van der Waals surface area contributed by atoms with E-state index in [2.05, 4.69) is 21.5 Å². The summed E-state index contributed by atoms with van der Waals surface area (Å²) in [7, 11) is 0. The zero-order valence-corrected chi connectivity index (χ0v) is 18.4. The predicted octanol–water partition coefficient (Wildman–Crippen LogP) is 3.26. The molecule has 1 atom stereocenters. The van der Waals surface area contributed by atoms with Gasteiger partial charge in [0.25, 0.3) is 5.56 Å². The summed E-state index contributed by atoms with van der Waals surface area (Å²) in [6.07, 6.45) is 3.84. The van der Waals surface area contributed by atoms with Gasteiger partial charge in [0.05, 0.1) is 25.2 Å². The van der Waals surface area contributed by atoms with Gasteiger partial charge in [0.2, 0.25) is 5.91 Å². The Balaban J connectivity index is 1.43. The van der Waals surface area contributed by atoms with Gasteiger partial charge in [-0.05, 0) is 24.5 Å². The van der Waals surface area contributed by atoms with Crippen LogP contribution in [0.15, 0.2) is 71.9 Å². The molecule has 7 nitrogen and oxygen atoms in total. The first-order valence-electron chi connectivity index (χ1n) is 10.9. The molecule has 1 N–H and O–H groups in total. The number of benzene rings is 2. The molecule has 4 aromatic rings. The number of aromatic nitrogens is 4. The number of carbonyl (C=O) groups excluding carboxylic acids is 1. The molecule has 0 bridgehead atoms. The van der Waals surface area contributed by atoms with E-state index in [0.29, 0.717) is 30.7 Å². The highest BCUT2D eigenvalue weighted by molar-refractivity contribution is 5.83. The van der Waals surface area contributed by atoms with E-state index in [1.807, 2.05) is 62.4 Å². The van der Waals surface area contributed by atoms with Crippen LogP contribution in [-0.2, 0) is 17.9 Å². The fourth-order valence-corrected chi connectivity index (χ4v) is 3.95. The molecule has 0 fully saturated rings. The number of hydrogen-bond donors (Lipinski definition) is 1. The van der Waals surface area contributed by atoms with Crippen molar-refractivity contribution in [2.75, 3.05) is 6.54 Å². The average Bonchev–Trinajstić information content (AvgIpc) is 3.21. The van der Waals surface area contributed by atoms with E-state index in [1.165, 1.54) is 0 Å². The fourth-order valence-electron chi connectivity index (χ4n) is 3.95. The molecule has 0 aliphatic carbocycles. The van der Waals surface area contributed by atoms with Crippen LogP contribution in [0.2, 0.25) is 0 Å². The molecule has 1 amide bonds. The maximum absolute atomic E-state index is 12.9. The number of fused-ring (bicyclic) bond motifs is 1. The molecular weight excluding hydrogens is 402 g/mol. The van der Waals surface area contributed by atoms with Crippen LogP contribution in [0, 0.1) is 6.92 Å². The van der Waals surface area contributed by atoms with Crippen molar-refractivity contribution in [3.63, 3.8) is 0 Å². The Morgan fingerprint density at radius 3 is 2.69 bits per heavy atom. The largest absolute Gasteiger partial charge is 0.354 e. The highest BCUT2D eigenvalue weighted by atomic mass is 16.2. The fraction of sp³-hybridized carbons (Fsp3) is 0.280. The van der Waals surface area contributed by atoms with Crippen LogP contribution in [-0.4, -0.2) is 31.8 Å². The summed E-state index contributed by atoms with van der Waals surface area (Å²) in [5, 5.41) is 7.79. The molecule has 0 aliphatic heterocycles. The number of carbonyl (C=O) groups is 1. The second-order valence-corrected chi connectivity index (χ2v) is 7.93. The van der Waals surface area contributed by atoms with Crippen molar-refractivity contribution in [1.29, 1.82) is 0 Å². The first-order chi connectivity index (χ1) is 15.6. The number of rotatable bonds is 8. The van der Waals surface area contributed by atoms with E-state index in [4.69, 9.17) is 0 Å². The molecule has 2 heterocycles. The zero-order chi connectivity index (χ0) is 22.5. The van der Waals surface area contributed by atoms with Crippen molar-refractivity contribution in [3.05, 3.63) is 94.2 Å². The van der Waals surface area contributed by atoms with Crippen molar-refractivity contribution in [1.82, 2.24) is 24.6 Å². The number of aryl methyl sites for hydroxylation is 1. The summed E-state index contributed by atoms with van der Waals surface area (Å²) >= 11 is 0. The lowest BCUT2D eigenvalue weighted by Gasteiger charge is -2.15. The Bertz CT molecular complexity index is 1280. The monoisotopic (exact) mass is 429 g/mol. The van der Waals surface area contributed by atoms with Crippen molar-refractivity contribution < 1.29 is 4.79 Å². The molecule has 2 aromatic carbocycles. The van der Waals surface area contributed by atoms with Crippen LogP contribution in [0.4, 0.5) is 0 Å². The van der Waals surface area contributed by atoms with Gasteiger partial charge in [-0.15, -0.1) is 0 Å². The third kappa shape index (κ3) is 4.61. The van der Waals surface area contributed by atoms with E-state index in [9.17, 15) is 9.59 Å². The summed E-state index contributed by atoms with van der Waals surface area (Å²) in [6, 6.07) is 17.8. The molecule has 2 aromatic heterocycles. The topological polar surface area (TPSA) is 81.8 Å². The Kier molecular flexibility index (Phi) is 6.44. The number of hydrogen-bond acceptors (Lipinski definition) is 4. The number of nitrogens with one attached hydrogen (secondary N) is 1. The summed E-state index contributed by atoms with van der Waals surface area (Å²) in [5.41, 5.74) is 3.61. The van der Waals surface area contributed by atoms with Gasteiger partial charge >= 0.3 is 0 Å². The first-order valence-corrected chi connectivity index (χ1v) is 10.9. The van der Waals surface area contributed by atoms with Crippen LogP contribution in [0.1, 0.15) is 36.0 Å². The zero-order valence-electron chi connectivity index (χ0n) is 18.4. The summed E-state index contributed by atoms with van der Waals surface area (Å²) < 4.78 is 3.26. The van der Waals surface area contributed by atoms with Crippen molar-refractivity contribution in [3.8, 4) is 0 Å². The molecule has 0 radical (unpaired) electrons. The second-order valence-electron chi connectivity index (χ2n) is 7.93. The Morgan fingerprint density at radius 2 is 1.94 bits per heavy atom. The lowest BCUT2D eigenvalue weighted by Crippen LogP contribution is -2.32.